The van der Waals surface area contributed by atoms with E-state index in [2.05, 4.69) is 5.32 Å². The molecule has 0 radical (unpaired) electrons. The van der Waals surface area contributed by atoms with E-state index in [1.807, 2.05) is 30.3 Å². The first-order chi connectivity index (χ1) is 11.2. The third kappa shape index (κ3) is 5.71. The Kier molecular flexibility index (Phi) is 6.56. The molecule has 3 N–H and O–H groups in total. The van der Waals surface area contributed by atoms with Crippen LogP contribution in [0.3, 0.4) is 0 Å². The van der Waals surface area contributed by atoms with E-state index in [9.17, 15) is 9.18 Å². The van der Waals surface area contributed by atoms with Crippen LogP contribution in [0.4, 0.5) is 4.39 Å². The van der Waals surface area contributed by atoms with Gasteiger partial charge in [-0.25, -0.2) is 4.39 Å². The van der Waals surface area contributed by atoms with Crippen molar-refractivity contribution in [2.45, 2.75) is 18.9 Å². The lowest BCUT2D eigenvalue weighted by molar-refractivity contribution is -0.121. The summed E-state index contributed by atoms with van der Waals surface area (Å²) in [6, 6.07) is 15.6. The molecule has 0 aliphatic rings. The molecule has 2 aromatic rings. The van der Waals surface area contributed by atoms with Gasteiger partial charge in [-0.15, -0.1) is 0 Å². The molecule has 1 unspecified atom stereocenters. The maximum Gasteiger partial charge on any atom is 0.220 e. The van der Waals surface area contributed by atoms with Gasteiger partial charge >= 0.3 is 0 Å². The Hall–Kier alpha value is -2.40. The molecular weight excluding hydrogens is 295 g/mol. The van der Waals surface area contributed by atoms with E-state index in [-0.39, 0.29) is 17.7 Å². The predicted octanol–water partition coefficient (Wildman–Crippen LogP) is 2.80. The molecule has 0 bridgehead atoms. The van der Waals surface area contributed by atoms with Crippen LogP contribution in [-0.2, 0) is 4.79 Å². The minimum atomic E-state index is -0.397. The standard InChI is InChI=1S/C18H21FN2O2/c19-15-9-4-5-10-17(15)23-12-6-11-18(22)21-13-16(20)14-7-2-1-3-8-14/h1-5,7-10,16H,6,11-13,20H2,(H,21,22). The number of carbonyl (C=O) groups excluding carboxylic acids is 1. The smallest absolute Gasteiger partial charge is 0.220 e. The van der Waals surface area contributed by atoms with Gasteiger partial charge in [-0.3, -0.25) is 4.79 Å². The molecule has 0 aliphatic heterocycles. The summed E-state index contributed by atoms with van der Waals surface area (Å²) in [5.74, 6) is -0.279. The predicted molar refractivity (Wildman–Crippen MR) is 87.5 cm³/mol. The van der Waals surface area contributed by atoms with Gasteiger partial charge in [0, 0.05) is 19.0 Å². The molecule has 23 heavy (non-hydrogen) atoms. The van der Waals surface area contributed by atoms with E-state index in [1.165, 1.54) is 6.07 Å². The van der Waals surface area contributed by atoms with Crippen LogP contribution >= 0.6 is 0 Å². The molecule has 2 rings (SSSR count). The summed E-state index contributed by atoms with van der Waals surface area (Å²) in [6.45, 7) is 0.677. The number of para-hydroxylation sites is 1. The van der Waals surface area contributed by atoms with Gasteiger partial charge in [0.05, 0.1) is 6.61 Å². The summed E-state index contributed by atoms with van der Waals surface area (Å²) < 4.78 is 18.6. The first kappa shape index (κ1) is 17.0. The summed E-state index contributed by atoms with van der Waals surface area (Å²) in [7, 11) is 0. The second kappa shape index (κ2) is 8.90. The molecule has 0 saturated carbocycles. The van der Waals surface area contributed by atoms with Crippen molar-refractivity contribution in [2.24, 2.45) is 5.73 Å². The van der Waals surface area contributed by atoms with Crippen molar-refractivity contribution < 1.29 is 13.9 Å². The average molecular weight is 316 g/mol. The zero-order valence-electron chi connectivity index (χ0n) is 12.9. The second-order valence-electron chi connectivity index (χ2n) is 5.20. The number of nitrogens with one attached hydrogen (secondary N) is 1. The van der Waals surface area contributed by atoms with Gasteiger partial charge in [0.2, 0.25) is 5.91 Å². The molecule has 0 fully saturated rings. The summed E-state index contributed by atoms with van der Waals surface area (Å²) >= 11 is 0. The molecule has 1 atom stereocenters. The number of benzene rings is 2. The van der Waals surface area contributed by atoms with E-state index in [0.29, 0.717) is 26.0 Å². The maximum atomic E-state index is 13.3. The summed E-state index contributed by atoms with van der Waals surface area (Å²) in [5, 5.41) is 2.80. The van der Waals surface area contributed by atoms with E-state index in [4.69, 9.17) is 10.5 Å². The van der Waals surface area contributed by atoms with Gasteiger partial charge in [0.1, 0.15) is 0 Å². The highest BCUT2D eigenvalue weighted by Gasteiger charge is 2.08. The van der Waals surface area contributed by atoms with E-state index in [0.717, 1.165) is 5.56 Å². The van der Waals surface area contributed by atoms with Gasteiger partial charge in [-0.2, -0.15) is 0 Å². The average Bonchev–Trinajstić information content (AvgIpc) is 2.59. The van der Waals surface area contributed by atoms with Crippen molar-refractivity contribution in [1.82, 2.24) is 5.32 Å². The molecule has 4 nitrogen and oxygen atoms in total. The summed E-state index contributed by atoms with van der Waals surface area (Å²) in [4.78, 5) is 11.8. The summed E-state index contributed by atoms with van der Waals surface area (Å²) in [6.07, 6.45) is 0.830. The number of halogens is 1. The normalized spacial score (nSPS) is 11.7. The summed E-state index contributed by atoms with van der Waals surface area (Å²) in [5.41, 5.74) is 6.99. The minimum absolute atomic E-state index is 0.0893. The Morgan fingerprint density at radius 1 is 1.13 bits per heavy atom. The zero-order valence-corrected chi connectivity index (χ0v) is 12.9. The van der Waals surface area contributed by atoms with Gasteiger partial charge in [0.25, 0.3) is 0 Å². The van der Waals surface area contributed by atoms with Crippen LogP contribution in [-0.4, -0.2) is 19.1 Å². The fraction of sp³-hybridized carbons (Fsp3) is 0.278. The fourth-order valence-corrected chi connectivity index (χ4v) is 2.11. The van der Waals surface area contributed by atoms with Gasteiger partial charge < -0.3 is 15.8 Å². The zero-order chi connectivity index (χ0) is 16.5. The molecular formula is C18H21FN2O2. The van der Waals surface area contributed by atoms with Crippen molar-refractivity contribution in [3.05, 3.63) is 66.0 Å². The van der Waals surface area contributed by atoms with Gasteiger partial charge in [-0.1, -0.05) is 42.5 Å². The van der Waals surface area contributed by atoms with Crippen molar-refractivity contribution in [3.8, 4) is 5.75 Å². The molecule has 0 spiro atoms. The van der Waals surface area contributed by atoms with Crippen LogP contribution in [0.15, 0.2) is 54.6 Å². The third-order valence-electron chi connectivity index (χ3n) is 3.39. The number of nitrogens with two attached hydrogens (primary N) is 1. The number of rotatable bonds is 8. The number of amides is 1. The van der Waals surface area contributed by atoms with E-state index >= 15 is 0 Å². The highest BCUT2D eigenvalue weighted by atomic mass is 19.1. The molecule has 122 valence electrons. The van der Waals surface area contributed by atoms with Crippen molar-refractivity contribution in [2.75, 3.05) is 13.2 Å². The molecule has 0 aromatic heterocycles. The highest BCUT2D eigenvalue weighted by molar-refractivity contribution is 5.75. The molecule has 0 heterocycles. The van der Waals surface area contributed by atoms with Crippen molar-refractivity contribution in [1.29, 1.82) is 0 Å². The first-order valence-electron chi connectivity index (χ1n) is 7.61. The van der Waals surface area contributed by atoms with Crippen LogP contribution in [0.25, 0.3) is 0 Å². The van der Waals surface area contributed by atoms with E-state index < -0.39 is 5.82 Å². The molecule has 5 heteroatoms. The van der Waals surface area contributed by atoms with Gasteiger partial charge in [-0.05, 0) is 24.1 Å². The van der Waals surface area contributed by atoms with Crippen LogP contribution in [0, 0.1) is 5.82 Å². The number of hydrogen-bond acceptors (Lipinski definition) is 3. The van der Waals surface area contributed by atoms with Crippen LogP contribution in [0.5, 0.6) is 5.75 Å². The Morgan fingerprint density at radius 2 is 1.83 bits per heavy atom. The lowest BCUT2D eigenvalue weighted by Crippen LogP contribution is -2.31. The minimum Gasteiger partial charge on any atom is -0.491 e. The van der Waals surface area contributed by atoms with Crippen LogP contribution in [0.2, 0.25) is 0 Å². The van der Waals surface area contributed by atoms with E-state index in [1.54, 1.807) is 18.2 Å². The Balaban J connectivity index is 1.63. The quantitative estimate of drug-likeness (QED) is 0.736. The maximum absolute atomic E-state index is 13.3. The Bertz CT molecular complexity index is 619. The third-order valence-corrected chi connectivity index (χ3v) is 3.39. The fourth-order valence-electron chi connectivity index (χ4n) is 2.11. The number of ether oxygens (including phenoxy) is 1. The van der Waals surface area contributed by atoms with Crippen LogP contribution in [0.1, 0.15) is 24.4 Å². The lowest BCUT2D eigenvalue weighted by Gasteiger charge is -2.13. The highest BCUT2D eigenvalue weighted by Crippen LogP contribution is 2.15. The topological polar surface area (TPSA) is 64.3 Å². The lowest BCUT2D eigenvalue weighted by atomic mass is 10.1. The number of carbonyl (C=O) groups is 1. The molecule has 1 amide bonds. The molecule has 2 aromatic carbocycles. The van der Waals surface area contributed by atoms with Gasteiger partial charge in [0.15, 0.2) is 11.6 Å². The monoisotopic (exact) mass is 316 g/mol. The first-order valence-corrected chi connectivity index (χ1v) is 7.61. The Morgan fingerprint density at radius 3 is 2.57 bits per heavy atom. The molecule has 0 saturated heterocycles. The molecule has 0 aliphatic carbocycles. The largest absolute Gasteiger partial charge is 0.491 e. The second-order valence-corrected chi connectivity index (χ2v) is 5.20. The van der Waals surface area contributed by atoms with Crippen LogP contribution < -0.4 is 15.8 Å². The Labute approximate surface area is 135 Å². The van der Waals surface area contributed by atoms with Crippen molar-refractivity contribution >= 4 is 5.91 Å². The number of hydrogen-bond donors (Lipinski definition) is 2. The van der Waals surface area contributed by atoms with Crippen molar-refractivity contribution in [3.63, 3.8) is 0 Å². The SMILES string of the molecule is NC(CNC(=O)CCCOc1ccccc1F)c1ccccc1.